The highest BCUT2D eigenvalue weighted by molar-refractivity contribution is 5.78. The molecule has 0 aliphatic heterocycles. The van der Waals surface area contributed by atoms with Crippen LogP contribution in [0.25, 0.3) is 0 Å². The van der Waals surface area contributed by atoms with Crippen molar-refractivity contribution in [3.05, 3.63) is 29.8 Å². The van der Waals surface area contributed by atoms with E-state index >= 15 is 0 Å². The van der Waals surface area contributed by atoms with E-state index in [1.165, 1.54) is 6.07 Å². The Balaban J connectivity index is 0.000000310. The van der Waals surface area contributed by atoms with Crippen LogP contribution in [0.4, 0.5) is 0 Å². The molecule has 4 nitrogen and oxygen atoms in total. The average Bonchev–Trinajstić information content (AvgIpc) is 2.04. The molecule has 0 heterocycles. The molecule has 4 heteroatoms. The second kappa shape index (κ2) is 5.77. The van der Waals surface area contributed by atoms with Gasteiger partial charge in [-0.15, -0.1) is 0 Å². The summed E-state index contributed by atoms with van der Waals surface area (Å²) < 4.78 is 0. The van der Waals surface area contributed by atoms with E-state index in [9.17, 15) is 4.79 Å². The summed E-state index contributed by atoms with van der Waals surface area (Å²) in [5, 5.41) is 16.3. The SMILES string of the molecule is CC(=O)O.O=Cc1ccccc1O. The van der Waals surface area contributed by atoms with Crippen LogP contribution >= 0.6 is 0 Å². The largest absolute Gasteiger partial charge is 0.507 e. The van der Waals surface area contributed by atoms with Crippen molar-refractivity contribution in [3.63, 3.8) is 0 Å². The van der Waals surface area contributed by atoms with Crippen LogP contribution in [0.5, 0.6) is 5.75 Å². The van der Waals surface area contributed by atoms with Crippen LogP contribution in [-0.4, -0.2) is 22.5 Å². The Morgan fingerprint density at radius 3 is 2.15 bits per heavy atom. The molecular formula is C9H10O4. The molecule has 0 unspecified atom stereocenters. The third-order valence-electron chi connectivity index (χ3n) is 1.06. The number of carboxylic acid groups (broad SMARTS) is 1. The lowest BCUT2D eigenvalue weighted by molar-refractivity contribution is -0.134. The first-order valence-corrected chi connectivity index (χ1v) is 3.50. The van der Waals surface area contributed by atoms with E-state index in [-0.39, 0.29) is 5.75 Å². The summed E-state index contributed by atoms with van der Waals surface area (Å²) in [4.78, 5) is 19.1. The van der Waals surface area contributed by atoms with Crippen molar-refractivity contribution in [2.75, 3.05) is 0 Å². The topological polar surface area (TPSA) is 74.6 Å². The number of carbonyl (C=O) groups is 2. The molecule has 70 valence electrons. The normalized spacial score (nSPS) is 8.08. The van der Waals surface area contributed by atoms with Gasteiger partial charge in [0, 0.05) is 6.92 Å². The molecule has 0 saturated carbocycles. The van der Waals surface area contributed by atoms with Crippen LogP contribution in [0.15, 0.2) is 24.3 Å². The highest BCUT2D eigenvalue weighted by Crippen LogP contribution is 2.11. The molecule has 0 amide bonds. The van der Waals surface area contributed by atoms with Crippen molar-refractivity contribution in [2.24, 2.45) is 0 Å². The van der Waals surface area contributed by atoms with Crippen molar-refractivity contribution < 1.29 is 19.8 Å². The number of rotatable bonds is 1. The quantitative estimate of drug-likeness (QED) is 0.642. The first kappa shape index (κ1) is 11.2. The van der Waals surface area contributed by atoms with Gasteiger partial charge in [0.25, 0.3) is 5.97 Å². The van der Waals surface area contributed by atoms with E-state index in [1.54, 1.807) is 18.2 Å². The number of aromatic hydroxyl groups is 1. The lowest BCUT2D eigenvalue weighted by atomic mass is 10.2. The number of benzene rings is 1. The number of aldehydes is 1. The molecule has 0 aliphatic rings. The summed E-state index contributed by atoms with van der Waals surface area (Å²) in [6.07, 6.45) is 0.620. The van der Waals surface area contributed by atoms with Crippen molar-refractivity contribution in [3.8, 4) is 5.75 Å². The smallest absolute Gasteiger partial charge is 0.300 e. The predicted octanol–water partition coefficient (Wildman–Crippen LogP) is 1.30. The van der Waals surface area contributed by atoms with Crippen LogP contribution in [0.1, 0.15) is 17.3 Å². The standard InChI is InChI=1S/C7H6O2.C2H4O2/c8-5-6-3-1-2-4-7(6)9;1-2(3)4/h1-5,9H;1H3,(H,3,4). The van der Waals surface area contributed by atoms with E-state index in [0.29, 0.717) is 11.8 Å². The summed E-state index contributed by atoms with van der Waals surface area (Å²) in [7, 11) is 0. The van der Waals surface area contributed by atoms with Crippen LogP contribution < -0.4 is 0 Å². The van der Waals surface area contributed by atoms with Crippen LogP contribution in [0.3, 0.4) is 0 Å². The number of phenolic OH excluding ortho intramolecular Hbond substituents is 1. The average molecular weight is 182 g/mol. The number of hydrogen-bond acceptors (Lipinski definition) is 3. The van der Waals surface area contributed by atoms with Crippen molar-refractivity contribution >= 4 is 12.3 Å². The minimum atomic E-state index is -0.833. The molecule has 1 aromatic rings. The van der Waals surface area contributed by atoms with Gasteiger partial charge in [-0.2, -0.15) is 0 Å². The van der Waals surface area contributed by atoms with E-state index in [4.69, 9.17) is 15.0 Å². The maximum absolute atomic E-state index is 10.1. The Morgan fingerprint density at radius 1 is 1.38 bits per heavy atom. The Hall–Kier alpha value is -1.84. The Labute approximate surface area is 75.4 Å². The van der Waals surface area contributed by atoms with Crippen LogP contribution in [0, 0.1) is 0 Å². The number of carboxylic acids is 1. The zero-order chi connectivity index (χ0) is 10.3. The van der Waals surface area contributed by atoms with E-state index in [0.717, 1.165) is 6.92 Å². The summed E-state index contributed by atoms with van der Waals surface area (Å²) in [6, 6.07) is 6.40. The molecule has 13 heavy (non-hydrogen) atoms. The maximum atomic E-state index is 10.1. The minimum absolute atomic E-state index is 0.0347. The lowest BCUT2D eigenvalue weighted by Gasteiger charge is -1.91. The monoisotopic (exact) mass is 182 g/mol. The molecule has 0 aromatic heterocycles. The van der Waals surface area contributed by atoms with Gasteiger partial charge >= 0.3 is 0 Å². The number of phenols is 1. The lowest BCUT2D eigenvalue weighted by Crippen LogP contribution is -1.78. The highest BCUT2D eigenvalue weighted by Gasteiger charge is 1.93. The summed E-state index contributed by atoms with van der Waals surface area (Å²) >= 11 is 0. The van der Waals surface area contributed by atoms with Crippen LogP contribution in [-0.2, 0) is 4.79 Å². The Morgan fingerprint density at radius 2 is 1.85 bits per heavy atom. The summed E-state index contributed by atoms with van der Waals surface area (Å²) in [6.45, 7) is 1.08. The van der Waals surface area contributed by atoms with E-state index in [2.05, 4.69) is 0 Å². The van der Waals surface area contributed by atoms with Gasteiger partial charge in [0.1, 0.15) is 5.75 Å². The molecule has 0 fully saturated rings. The number of aliphatic carboxylic acids is 1. The molecule has 0 bridgehead atoms. The minimum Gasteiger partial charge on any atom is -0.507 e. The third-order valence-corrected chi connectivity index (χ3v) is 1.06. The van der Waals surface area contributed by atoms with Crippen LogP contribution in [0.2, 0.25) is 0 Å². The van der Waals surface area contributed by atoms with Gasteiger partial charge in [-0.05, 0) is 12.1 Å². The van der Waals surface area contributed by atoms with Crippen molar-refractivity contribution in [2.45, 2.75) is 6.92 Å². The molecule has 0 saturated heterocycles. The number of carbonyl (C=O) groups excluding carboxylic acids is 1. The molecule has 1 aromatic carbocycles. The van der Waals surface area contributed by atoms with Gasteiger partial charge in [0.05, 0.1) is 5.56 Å². The van der Waals surface area contributed by atoms with Crippen molar-refractivity contribution in [1.29, 1.82) is 0 Å². The molecule has 0 aliphatic carbocycles. The van der Waals surface area contributed by atoms with E-state index in [1.807, 2.05) is 0 Å². The second-order valence-corrected chi connectivity index (χ2v) is 2.20. The fourth-order valence-corrected chi connectivity index (χ4v) is 0.587. The summed E-state index contributed by atoms with van der Waals surface area (Å²) in [5.41, 5.74) is 0.331. The molecule has 1 rings (SSSR count). The first-order chi connectivity index (χ1) is 6.07. The maximum Gasteiger partial charge on any atom is 0.300 e. The molecule has 0 radical (unpaired) electrons. The molecular weight excluding hydrogens is 172 g/mol. The zero-order valence-electron chi connectivity index (χ0n) is 7.10. The Kier molecular flexibility index (Phi) is 4.95. The molecule has 0 spiro atoms. The number of para-hydroxylation sites is 1. The fourth-order valence-electron chi connectivity index (χ4n) is 0.587. The molecule has 2 N–H and O–H groups in total. The van der Waals surface area contributed by atoms with Gasteiger partial charge < -0.3 is 10.2 Å². The van der Waals surface area contributed by atoms with Gasteiger partial charge in [-0.1, -0.05) is 12.1 Å². The first-order valence-electron chi connectivity index (χ1n) is 3.50. The fraction of sp³-hybridized carbons (Fsp3) is 0.111. The van der Waals surface area contributed by atoms with Gasteiger partial charge in [-0.3, -0.25) is 9.59 Å². The predicted molar refractivity (Wildman–Crippen MR) is 46.8 cm³/mol. The van der Waals surface area contributed by atoms with Gasteiger partial charge in [0.15, 0.2) is 6.29 Å². The van der Waals surface area contributed by atoms with E-state index < -0.39 is 5.97 Å². The Bertz CT molecular complexity index is 289. The zero-order valence-corrected chi connectivity index (χ0v) is 7.10. The number of hydrogen-bond donors (Lipinski definition) is 2. The third kappa shape index (κ3) is 5.43. The second-order valence-electron chi connectivity index (χ2n) is 2.20. The highest BCUT2D eigenvalue weighted by atomic mass is 16.4. The van der Waals surface area contributed by atoms with Crippen molar-refractivity contribution in [1.82, 2.24) is 0 Å². The van der Waals surface area contributed by atoms with Gasteiger partial charge in [-0.25, -0.2) is 0 Å². The van der Waals surface area contributed by atoms with Gasteiger partial charge in [0.2, 0.25) is 0 Å². The molecule has 0 atom stereocenters. The summed E-state index contributed by atoms with van der Waals surface area (Å²) in [5.74, 6) is -0.799.